The molecule has 2 heterocycles. The van der Waals surface area contributed by atoms with Crippen LogP contribution in [0.4, 0.5) is 5.69 Å². The SMILES string of the molecule is COc1ccc(N)c(-c2nnnn2CCC2CCOC2)c1. The molecule has 0 saturated carbocycles. The summed E-state index contributed by atoms with van der Waals surface area (Å²) in [4.78, 5) is 0. The molecular formula is C14H19N5O2. The monoisotopic (exact) mass is 289 g/mol. The van der Waals surface area contributed by atoms with E-state index in [1.165, 1.54) is 0 Å². The highest BCUT2D eigenvalue weighted by atomic mass is 16.5. The zero-order valence-electron chi connectivity index (χ0n) is 12.0. The molecule has 0 bridgehead atoms. The van der Waals surface area contributed by atoms with Crippen LogP contribution >= 0.6 is 0 Å². The van der Waals surface area contributed by atoms with Crippen molar-refractivity contribution in [2.75, 3.05) is 26.1 Å². The molecule has 0 radical (unpaired) electrons. The van der Waals surface area contributed by atoms with Gasteiger partial charge in [-0.2, -0.15) is 0 Å². The largest absolute Gasteiger partial charge is 0.497 e. The molecule has 0 aliphatic carbocycles. The molecule has 1 aliphatic heterocycles. The molecule has 21 heavy (non-hydrogen) atoms. The molecule has 1 unspecified atom stereocenters. The molecule has 1 saturated heterocycles. The molecule has 1 aromatic heterocycles. The van der Waals surface area contributed by atoms with E-state index in [1.54, 1.807) is 17.9 Å². The summed E-state index contributed by atoms with van der Waals surface area (Å²) < 4.78 is 12.4. The van der Waals surface area contributed by atoms with Crippen LogP contribution in [0.2, 0.25) is 0 Å². The summed E-state index contributed by atoms with van der Waals surface area (Å²) in [7, 11) is 1.62. The zero-order valence-corrected chi connectivity index (χ0v) is 12.0. The van der Waals surface area contributed by atoms with Gasteiger partial charge in [-0.25, -0.2) is 4.68 Å². The molecule has 7 heteroatoms. The average molecular weight is 289 g/mol. The van der Waals surface area contributed by atoms with E-state index in [0.717, 1.165) is 43.9 Å². The molecule has 0 amide bonds. The van der Waals surface area contributed by atoms with Crippen molar-refractivity contribution in [3.05, 3.63) is 18.2 Å². The lowest BCUT2D eigenvalue weighted by Gasteiger charge is -2.10. The molecule has 1 fully saturated rings. The van der Waals surface area contributed by atoms with Crippen LogP contribution in [0.3, 0.4) is 0 Å². The minimum absolute atomic E-state index is 0.588. The lowest BCUT2D eigenvalue weighted by molar-refractivity contribution is 0.183. The quantitative estimate of drug-likeness (QED) is 0.836. The molecule has 1 atom stereocenters. The van der Waals surface area contributed by atoms with Crippen LogP contribution in [0.1, 0.15) is 12.8 Å². The first-order chi connectivity index (χ1) is 10.3. The molecule has 7 nitrogen and oxygen atoms in total. The Kier molecular flexibility index (Phi) is 4.01. The minimum atomic E-state index is 0.588. The van der Waals surface area contributed by atoms with Gasteiger partial charge in [-0.3, -0.25) is 0 Å². The van der Waals surface area contributed by atoms with Crippen LogP contribution in [0.5, 0.6) is 5.75 Å². The van der Waals surface area contributed by atoms with Crippen molar-refractivity contribution in [1.82, 2.24) is 20.2 Å². The van der Waals surface area contributed by atoms with Crippen LogP contribution in [-0.4, -0.2) is 40.5 Å². The Balaban J connectivity index is 1.81. The summed E-state index contributed by atoms with van der Waals surface area (Å²) in [6.07, 6.45) is 2.11. The van der Waals surface area contributed by atoms with Gasteiger partial charge in [0.1, 0.15) is 5.75 Å². The second-order valence-corrected chi connectivity index (χ2v) is 5.20. The average Bonchev–Trinajstić information content (AvgIpc) is 3.17. The van der Waals surface area contributed by atoms with Gasteiger partial charge in [0.15, 0.2) is 5.82 Å². The number of nitrogens with zero attached hydrogens (tertiary/aromatic N) is 4. The van der Waals surface area contributed by atoms with Crippen LogP contribution in [0.25, 0.3) is 11.4 Å². The zero-order chi connectivity index (χ0) is 14.7. The van der Waals surface area contributed by atoms with E-state index in [0.29, 0.717) is 17.4 Å². The maximum atomic E-state index is 6.04. The third-order valence-corrected chi connectivity index (χ3v) is 3.81. The first-order valence-electron chi connectivity index (χ1n) is 7.05. The van der Waals surface area contributed by atoms with Gasteiger partial charge in [-0.1, -0.05) is 0 Å². The molecule has 3 rings (SSSR count). The molecule has 0 spiro atoms. The fraction of sp³-hybridized carbons (Fsp3) is 0.500. The number of aromatic nitrogens is 4. The summed E-state index contributed by atoms with van der Waals surface area (Å²) in [5, 5.41) is 11.9. The van der Waals surface area contributed by atoms with Crippen LogP contribution in [-0.2, 0) is 11.3 Å². The normalized spacial score (nSPS) is 18.0. The number of methoxy groups -OCH3 is 1. The van der Waals surface area contributed by atoms with Crippen molar-refractivity contribution in [2.24, 2.45) is 5.92 Å². The Morgan fingerprint density at radius 2 is 2.38 bits per heavy atom. The standard InChI is InChI=1S/C14H19N5O2/c1-20-11-2-3-13(15)12(8-11)14-16-17-18-19(14)6-4-10-5-7-21-9-10/h2-3,8,10H,4-7,9,15H2,1H3. The van der Waals surface area contributed by atoms with E-state index >= 15 is 0 Å². The summed E-state index contributed by atoms with van der Waals surface area (Å²) in [5.41, 5.74) is 7.47. The molecule has 1 aromatic carbocycles. The highest BCUT2D eigenvalue weighted by Crippen LogP contribution is 2.28. The van der Waals surface area contributed by atoms with Gasteiger partial charge in [0.2, 0.25) is 0 Å². The third kappa shape index (κ3) is 2.97. The Morgan fingerprint density at radius 3 is 3.14 bits per heavy atom. The number of hydrogen-bond donors (Lipinski definition) is 1. The van der Waals surface area contributed by atoms with Crippen molar-refractivity contribution in [3.63, 3.8) is 0 Å². The fourth-order valence-corrected chi connectivity index (χ4v) is 2.52. The predicted octanol–water partition coefficient (Wildman–Crippen LogP) is 1.36. The second kappa shape index (κ2) is 6.09. The van der Waals surface area contributed by atoms with Crippen molar-refractivity contribution >= 4 is 5.69 Å². The Bertz CT molecular complexity index is 607. The number of anilines is 1. The molecule has 2 N–H and O–H groups in total. The first kappa shape index (κ1) is 13.8. The third-order valence-electron chi connectivity index (χ3n) is 3.81. The van der Waals surface area contributed by atoms with Gasteiger partial charge in [0.05, 0.1) is 7.11 Å². The minimum Gasteiger partial charge on any atom is -0.497 e. The number of tetrazole rings is 1. The molecular weight excluding hydrogens is 270 g/mol. The smallest absolute Gasteiger partial charge is 0.184 e. The number of aryl methyl sites for hydroxylation is 1. The van der Waals surface area contributed by atoms with Crippen molar-refractivity contribution in [2.45, 2.75) is 19.4 Å². The van der Waals surface area contributed by atoms with E-state index < -0.39 is 0 Å². The van der Waals surface area contributed by atoms with Crippen molar-refractivity contribution in [3.8, 4) is 17.1 Å². The van der Waals surface area contributed by atoms with Crippen molar-refractivity contribution < 1.29 is 9.47 Å². The van der Waals surface area contributed by atoms with Gasteiger partial charge in [0, 0.05) is 31.0 Å². The predicted molar refractivity (Wildman–Crippen MR) is 77.8 cm³/mol. The van der Waals surface area contributed by atoms with E-state index in [9.17, 15) is 0 Å². The van der Waals surface area contributed by atoms with E-state index in [4.69, 9.17) is 15.2 Å². The van der Waals surface area contributed by atoms with E-state index in [-0.39, 0.29) is 0 Å². The fourth-order valence-electron chi connectivity index (χ4n) is 2.52. The van der Waals surface area contributed by atoms with Crippen LogP contribution in [0, 0.1) is 5.92 Å². The Labute approximate surface area is 123 Å². The lowest BCUT2D eigenvalue weighted by Crippen LogP contribution is -2.09. The highest BCUT2D eigenvalue weighted by Gasteiger charge is 2.18. The lowest BCUT2D eigenvalue weighted by atomic mass is 10.1. The Hall–Kier alpha value is -2.15. The summed E-state index contributed by atoms with van der Waals surface area (Å²) in [5.74, 6) is 1.99. The van der Waals surface area contributed by atoms with E-state index in [1.807, 2.05) is 12.1 Å². The number of nitrogens with two attached hydrogens (primary N) is 1. The van der Waals surface area contributed by atoms with Crippen molar-refractivity contribution in [1.29, 1.82) is 0 Å². The van der Waals surface area contributed by atoms with Gasteiger partial charge in [-0.15, -0.1) is 5.10 Å². The summed E-state index contributed by atoms with van der Waals surface area (Å²) in [6.45, 7) is 2.45. The number of rotatable bonds is 5. The molecule has 1 aliphatic rings. The topological polar surface area (TPSA) is 88.1 Å². The second-order valence-electron chi connectivity index (χ2n) is 5.20. The first-order valence-corrected chi connectivity index (χ1v) is 7.05. The number of benzene rings is 1. The van der Waals surface area contributed by atoms with Gasteiger partial charge < -0.3 is 15.2 Å². The molecule has 2 aromatic rings. The van der Waals surface area contributed by atoms with Gasteiger partial charge in [-0.05, 0) is 47.4 Å². The van der Waals surface area contributed by atoms with Crippen LogP contribution < -0.4 is 10.5 Å². The highest BCUT2D eigenvalue weighted by molar-refractivity contribution is 5.72. The maximum absolute atomic E-state index is 6.04. The van der Waals surface area contributed by atoms with E-state index in [2.05, 4.69) is 15.5 Å². The number of hydrogen-bond acceptors (Lipinski definition) is 6. The number of ether oxygens (including phenoxy) is 2. The van der Waals surface area contributed by atoms with Crippen LogP contribution in [0.15, 0.2) is 18.2 Å². The summed E-state index contributed by atoms with van der Waals surface area (Å²) >= 11 is 0. The Morgan fingerprint density at radius 1 is 1.48 bits per heavy atom. The maximum Gasteiger partial charge on any atom is 0.184 e. The van der Waals surface area contributed by atoms with Gasteiger partial charge in [0.25, 0.3) is 0 Å². The van der Waals surface area contributed by atoms with Gasteiger partial charge >= 0.3 is 0 Å². The summed E-state index contributed by atoms with van der Waals surface area (Å²) in [6, 6.07) is 5.48. The molecule has 112 valence electrons. The number of nitrogen functional groups attached to an aromatic ring is 1.